The van der Waals surface area contributed by atoms with Crippen molar-refractivity contribution in [2.45, 2.75) is 0 Å². The number of rotatable bonds is 1. The van der Waals surface area contributed by atoms with Crippen LogP contribution in [0.4, 0.5) is 0 Å². The molecule has 0 amide bonds. The van der Waals surface area contributed by atoms with E-state index in [1.807, 2.05) is 6.07 Å². The molecule has 0 spiro atoms. The Balaban J connectivity index is 2.67. The van der Waals surface area contributed by atoms with Gasteiger partial charge in [-0.3, -0.25) is 0 Å². The van der Waals surface area contributed by atoms with Crippen LogP contribution in [-0.4, -0.2) is 17.2 Å². The molecule has 2 N–H and O–H groups in total. The molecule has 0 saturated heterocycles. The molecule has 0 aliphatic heterocycles. The summed E-state index contributed by atoms with van der Waals surface area (Å²) in [7, 11) is -1.40. The molecule has 2 aromatic rings. The van der Waals surface area contributed by atoms with Gasteiger partial charge in [0.05, 0.1) is 8.26 Å². The van der Waals surface area contributed by atoms with Gasteiger partial charge in [0, 0.05) is 10.1 Å². The van der Waals surface area contributed by atoms with Gasteiger partial charge in [-0.2, -0.15) is 0 Å². The molecule has 0 fully saturated rings. The number of fused-ring (bicyclic) bond motifs is 1. The third kappa shape index (κ3) is 1.77. The molecule has 1 heterocycles. The van der Waals surface area contributed by atoms with Gasteiger partial charge >= 0.3 is 7.12 Å². The van der Waals surface area contributed by atoms with E-state index < -0.39 is 7.12 Å². The van der Waals surface area contributed by atoms with Crippen molar-refractivity contribution >= 4 is 65.9 Å². The zero-order valence-corrected chi connectivity index (χ0v) is 10.9. The highest BCUT2D eigenvalue weighted by molar-refractivity contribution is 9.13. The van der Waals surface area contributed by atoms with Crippen LogP contribution in [0.5, 0.6) is 0 Å². The van der Waals surface area contributed by atoms with Crippen molar-refractivity contribution in [2.24, 2.45) is 0 Å². The lowest BCUT2D eigenvalue weighted by Crippen LogP contribution is -2.29. The quantitative estimate of drug-likeness (QED) is 0.784. The molecule has 0 atom stereocenters. The van der Waals surface area contributed by atoms with E-state index in [0.29, 0.717) is 5.46 Å². The van der Waals surface area contributed by atoms with Gasteiger partial charge in [-0.25, -0.2) is 0 Å². The van der Waals surface area contributed by atoms with E-state index in [-0.39, 0.29) is 0 Å². The van der Waals surface area contributed by atoms with Gasteiger partial charge in [0.15, 0.2) is 0 Å². The van der Waals surface area contributed by atoms with Gasteiger partial charge < -0.3 is 10.0 Å². The highest BCUT2D eigenvalue weighted by atomic mass is 79.9. The summed E-state index contributed by atoms with van der Waals surface area (Å²) in [6.07, 6.45) is 0. The first-order chi connectivity index (χ1) is 6.59. The summed E-state index contributed by atoms with van der Waals surface area (Å²) in [5, 5.41) is 19.1. The Kier molecular flexibility index (Phi) is 2.99. The smallest absolute Gasteiger partial charge is 0.423 e. The molecule has 72 valence electrons. The fraction of sp³-hybridized carbons (Fsp3) is 0. The van der Waals surface area contributed by atoms with E-state index in [1.54, 1.807) is 23.5 Å². The van der Waals surface area contributed by atoms with Crippen LogP contribution in [-0.2, 0) is 0 Å². The molecule has 0 aliphatic rings. The van der Waals surface area contributed by atoms with Crippen LogP contribution in [0, 0.1) is 0 Å². The molecular weight excluding hydrogens is 331 g/mol. The molecular formula is C8H5BBr2O2S. The van der Waals surface area contributed by atoms with E-state index in [2.05, 4.69) is 31.9 Å². The van der Waals surface area contributed by atoms with Gasteiger partial charge in [-0.15, -0.1) is 11.3 Å². The van der Waals surface area contributed by atoms with Crippen molar-refractivity contribution in [1.82, 2.24) is 0 Å². The van der Waals surface area contributed by atoms with Gasteiger partial charge in [0.2, 0.25) is 0 Å². The first kappa shape index (κ1) is 10.6. The number of hydrogen-bond donors (Lipinski definition) is 2. The van der Waals surface area contributed by atoms with Crippen LogP contribution in [0.3, 0.4) is 0 Å². The first-order valence-electron chi connectivity index (χ1n) is 3.83. The minimum Gasteiger partial charge on any atom is -0.423 e. The molecule has 0 radical (unpaired) electrons. The Morgan fingerprint density at radius 3 is 2.57 bits per heavy atom. The summed E-state index contributed by atoms with van der Waals surface area (Å²) in [6, 6.07) is 5.35. The normalized spacial score (nSPS) is 10.9. The van der Waals surface area contributed by atoms with Crippen LogP contribution >= 0.6 is 43.2 Å². The predicted molar refractivity (Wildman–Crippen MR) is 67.1 cm³/mol. The largest absolute Gasteiger partial charge is 0.488 e. The first-order valence-corrected chi connectivity index (χ1v) is 6.23. The molecule has 0 saturated carbocycles. The van der Waals surface area contributed by atoms with Gasteiger partial charge in [0.25, 0.3) is 0 Å². The highest BCUT2D eigenvalue weighted by Crippen LogP contribution is 2.38. The zero-order chi connectivity index (χ0) is 10.3. The number of thiophene rings is 1. The van der Waals surface area contributed by atoms with Crippen molar-refractivity contribution in [1.29, 1.82) is 0 Å². The Bertz CT molecular complexity index is 483. The van der Waals surface area contributed by atoms with E-state index in [4.69, 9.17) is 10.0 Å². The van der Waals surface area contributed by atoms with Crippen LogP contribution in [0.25, 0.3) is 10.1 Å². The molecule has 0 bridgehead atoms. The lowest BCUT2D eigenvalue weighted by atomic mass is 9.80. The van der Waals surface area contributed by atoms with E-state index in [9.17, 15) is 0 Å². The maximum absolute atomic E-state index is 9.00. The molecule has 14 heavy (non-hydrogen) atoms. The lowest BCUT2D eigenvalue weighted by Gasteiger charge is -1.98. The summed E-state index contributed by atoms with van der Waals surface area (Å²) in [6.45, 7) is 0. The summed E-state index contributed by atoms with van der Waals surface area (Å²) in [4.78, 5) is 0. The van der Waals surface area contributed by atoms with E-state index in [0.717, 1.165) is 18.3 Å². The lowest BCUT2D eigenvalue weighted by molar-refractivity contribution is 0.426. The van der Waals surface area contributed by atoms with Crippen LogP contribution in [0.15, 0.2) is 26.5 Å². The van der Waals surface area contributed by atoms with Crippen molar-refractivity contribution in [3.05, 3.63) is 26.5 Å². The molecule has 0 unspecified atom stereocenters. The number of benzene rings is 1. The second-order valence-corrected chi connectivity index (χ2v) is 5.98. The van der Waals surface area contributed by atoms with Gasteiger partial charge in [-0.1, -0.05) is 12.1 Å². The fourth-order valence-electron chi connectivity index (χ4n) is 1.21. The van der Waals surface area contributed by atoms with Crippen molar-refractivity contribution in [3.8, 4) is 0 Å². The molecule has 6 heteroatoms. The monoisotopic (exact) mass is 334 g/mol. The maximum Gasteiger partial charge on any atom is 0.488 e. The van der Waals surface area contributed by atoms with E-state index >= 15 is 0 Å². The van der Waals surface area contributed by atoms with Crippen LogP contribution in [0.2, 0.25) is 0 Å². The third-order valence-corrected chi connectivity index (χ3v) is 5.35. The van der Waals surface area contributed by atoms with Gasteiger partial charge in [0.1, 0.15) is 0 Å². The summed E-state index contributed by atoms with van der Waals surface area (Å²) >= 11 is 8.43. The van der Waals surface area contributed by atoms with Crippen molar-refractivity contribution in [3.63, 3.8) is 0 Å². The standard InChI is InChI=1S/C8H5BBr2O2S/c10-7-5-2-1-4(9(12)13)3-6(5)14-8(7)11/h1-3,12-13H. The second-order valence-electron chi connectivity index (χ2n) is 2.82. The molecule has 2 rings (SSSR count). The Morgan fingerprint density at radius 2 is 1.93 bits per heavy atom. The molecule has 0 aliphatic carbocycles. The SMILES string of the molecule is OB(O)c1ccc2c(Br)c(Br)sc2c1. The van der Waals surface area contributed by atoms with Crippen LogP contribution in [0.1, 0.15) is 0 Å². The number of halogens is 2. The topological polar surface area (TPSA) is 40.5 Å². The molecule has 2 nitrogen and oxygen atoms in total. The predicted octanol–water partition coefficient (Wildman–Crippen LogP) is 2.11. The minimum atomic E-state index is -1.40. The Morgan fingerprint density at radius 1 is 1.21 bits per heavy atom. The molecule has 1 aromatic heterocycles. The summed E-state index contributed by atoms with van der Waals surface area (Å²) in [5.74, 6) is 0. The average Bonchev–Trinajstić information content (AvgIpc) is 2.42. The Labute approximate surface area is 102 Å². The third-order valence-electron chi connectivity index (χ3n) is 1.91. The van der Waals surface area contributed by atoms with E-state index in [1.165, 1.54) is 0 Å². The van der Waals surface area contributed by atoms with Crippen molar-refractivity contribution < 1.29 is 10.0 Å². The maximum atomic E-state index is 9.00. The minimum absolute atomic E-state index is 0.513. The zero-order valence-electron chi connectivity index (χ0n) is 6.87. The average molecular weight is 336 g/mol. The summed E-state index contributed by atoms with van der Waals surface area (Å²) < 4.78 is 3.04. The van der Waals surface area contributed by atoms with Crippen molar-refractivity contribution in [2.75, 3.05) is 0 Å². The number of hydrogen-bond acceptors (Lipinski definition) is 3. The Hall–Kier alpha value is 0.125. The highest BCUT2D eigenvalue weighted by Gasteiger charge is 2.13. The van der Waals surface area contributed by atoms with Gasteiger partial charge in [-0.05, 0) is 43.4 Å². The second kappa shape index (κ2) is 3.94. The summed E-state index contributed by atoms with van der Waals surface area (Å²) in [5.41, 5.74) is 0.513. The molecule has 1 aromatic carbocycles. The fourth-order valence-corrected chi connectivity index (χ4v) is 3.54. The van der Waals surface area contributed by atoms with Crippen LogP contribution < -0.4 is 5.46 Å².